The van der Waals surface area contributed by atoms with Crippen molar-refractivity contribution in [1.29, 1.82) is 0 Å². The monoisotopic (exact) mass is 265 g/mol. The summed E-state index contributed by atoms with van der Waals surface area (Å²) in [4.78, 5) is 4.55. The normalized spacial score (nSPS) is 19.4. The van der Waals surface area contributed by atoms with Gasteiger partial charge in [-0.3, -0.25) is 0 Å². The number of anilines is 1. The zero-order valence-corrected chi connectivity index (χ0v) is 12.1. The number of halogens is 1. The molecule has 0 amide bonds. The molecule has 3 nitrogen and oxygen atoms in total. The van der Waals surface area contributed by atoms with E-state index in [-0.39, 0.29) is 5.82 Å². The van der Waals surface area contributed by atoms with Gasteiger partial charge in [-0.2, -0.15) is 0 Å². The van der Waals surface area contributed by atoms with Gasteiger partial charge < -0.3 is 15.1 Å². The Morgan fingerprint density at radius 2 is 2.16 bits per heavy atom. The Bertz CT molecular complexity index is 420. The molecule has 106 valence electrons. The van der Waals surface area contributed by atoms with Crippen molar-refractivity contribution < 1.29 is 4.39 Å². The summed E-state index contributed by atoms with van der Waals surface area (Å²) in [5.74, 6) is -0.141. The smallest absolute Gasteiger partial charge is 0.125 e. The van der Waals surface area contributed by atoms with E-state index in [1.165, 1.54) is 12.8 Å². The summed E-state index contributed by atoms with van der Waals surface area (Å²) in [5, 5.41) is 3.08. The van der Waals surface area contributed by atoms with Gasteiger partial charge in [0.15, 0.2) is 0 Å². The minimum Gasteiger partial charge on any atom is -0.367 e. The molecule has 1 atom stereocenters. The summed E-state index contributed by atoms with van der Waals surface area (Å²) in [6, 6.07) is 5.87. The van der Waals surface area contributed by atoms with Gasteiger partial charge in [0.2, 0.25) is 0 Å². The molecule has 1 aliphatic rings. The van der Waals surface area contributed by atoms with Gasteiger partial charge in [0.1, 0.15) is 5.82 Å². The highest BCUT2D eigenvalue weighted by Crippen LogP contribution is 2.27. The van der Waals surface area contributed by atoms with Crippen LogP contribution in [0.3, 0.4) is 0 Å². The first kappa shape index (κ1) is 14.3. The van der Waals surface area contributed by atoms with Crippen molar-refractivity contribution in [3.63, 3.8) is 0 Å². The number of likely N-dealkylation sites (N-methyl/N-ethyl adjacent to an activating group) is 1. The highest BCUT2D eigenvalue weighted by atomic mass is 19.1. The molecule has 1 N–H and O–H groups in total. The molecule has 1 heterocycles. The van der Waals surface area contributed by atoms with Crippen LogP contribution in [-0.4, -0.2) is 45.2 Å². The lowest BCUT2D eigenvalue weighted by Crippen LogP contribution is -2.37. The van der Waals surface area contributed by atoms with E-state index in [1.807, 2.05) is 7.05 Å². The molecule has 19 heavy (non-hydrogen) atoms. The minimum atomic E-state index is -0.141. The molecule has 0 spiro atoms. The molecule has 1 saturated heterocycles. The van der Waals surface area contributed by atoms with E-state index >= 15 is 0 Å². The van der Waals surface area contributed by atoms with Gasteiger partial charge in [-0.1, -0.05) is 0 Å². The molecule has 0 radical (unpaired) electrons. The third-order valence-corrected chi connectivity index (χ3v) is 3.61. The number of nitrogens with one attached hydrogen (secondary N) is 1. The lowest BCUT2D eigenvalue weighted by atomic mass is 10.1. The van der Waals surface area contributed by atoms with Gasteiger partial charge in [-0.15, -0.1) is 0 Å². The molecule has 0 saturated carbocycles. The summed E-state index contributed by atoms with van der Waals surface area (Å²) in [6.45, 7) is 2.76. The summed E-state index contributed by atoms with van der Waals surface area (Å²) in [6.07, 6.45) is 2.38. The van der Waals surface area contributed by atoms with Crippen LogP contribution in [0.25, 0.3) is 0 Å². The lowest BCUT2D eigenvalue weighted by molar-refractivity contribution is 0.372. The van der Waals surface area contributed by atoms with Crippen molar-refractivity contribution in [3.05, 3.63) is 29.6 Å². The summed E-state index contributed by atoms with van der Waals surface area (Å²) < 4.78 is 13.7. The fourth-order valence-corrected chi connectivity index (χ4v) is 2.89. The van der Waals surface area contributed by atoms with Crippen molar-refractivity contribution in [3.8, 4) is 0 Å². The van der Waals surface area contributed by atoms with E-state index in [9.17, 15) is 4.39 Å². The van der Waals surface area contributed by atoms with Gasteiger partial charge in [0, 0.05) is 31.4 Å². The average molecular weight is 265 g/mol. The maximum absolute atomic E-state index is 13.7. The topological polar surface area (TPSA) is 18.5 Å². The van der Waals surface area contributed by atoms with Gasteiger partial charge in [0.25, 0.3) is 0 Å². The van der Waals surface area contributed by atoms with Crippen LogP contribution in [0.2, 0.25) is 0 Å². The van der Waals surface area contributed by atoms with Crippen molar-refractivity contribution >= 4 is 5.69 Å². The second-order valence-corrected chi connectivity index (χ2v) is 5.60. The Morgan fingerprint density at radius 1 is 1.37 bits per heavy atom. The number of benzene rings is 1. The molecular formula is C15H24FN3. The standard InChI is InChI=1S/C15H24FN3/c1-17-10-12-7-13(16)9-15(8-12)19-6-4-5-14(19)11-18(2)3/h7-9,14,17H,4-6,10-11H2,1-3H3. The molecule has 0 bridgehead atoms. The van der Waals surface area contributed by atoms with Crippen LogP contribution in [-0.2, 0) is 6.54 Å². The number of rotatable bonds is 5. The third-order valence-electron chi connectivity index (χ3n) is 3.61. The predicted octanol–water partition coefficient (Wildman–Crippen LogP) is 2.08. The van der Waals surface area contributed by atoms with E-state index in [1.54, 1.807) is 12.1 Å². The lowest BCUT2D eigenvalue weighted by Gasteiger charge is -2.29. The Labute approximate surface area is 115 Å². The molecule has 4 heteroatoms. The van der Waals surface area contributed by atoms with Crippen LogP contribution in [0.5, 0.6) is 0 Å². The zero-order chi connectivity index (χ0) is 13.8. The molecule has 1 aromatic carbocycles. The fourth-order valence-electron chi connectivity index (χ4n) is 2.89. The SMILES string of the molecule is CNCc1cc(F)cc(N2CCCC2CN(C)C)c1. The van der Waals surface area contributed by atoms with E-state index in [0.29, 0.717) is 12.6 Å². The van der Waals surface area contributed by atoms with Gasteiger partial charge in [-0.25, -0.2) is 4.39 Å². The van der Waals surface area contributed by atoms with Gasteiger partial charge >= 0.3 is 0 Å². The molecule has 1 aromatic rings. The quantitative estimate of drug-likeness (QED) is 0.879. The maximum Gasteiger partial charge on any atom is 0.125 e. The van der Waals surface area contributed by atoms with Crippen LogP contribution in [0.15, 0.2) is 18.2 Å². The Hall–Kier alpha value is -1.13. The van der Waals surface area contributed by atoms with Crippen LogP contribution in [0, 0.1) is 5.82 Å². The molecule has 1 unspecified atom stereocenters. The second kappa shape index (κ2) is 6.35. The van der Waals surface area contributed by atoms with Gasteiger partial charge in [-0.05, 0) is 57.7 Å². The van der Waals surface area contributed by atoms with Gasteiger partial charge in [0.05, 0.1) is 0 Å². The van der Waals surface area contributed by atoms with E-state index < -0.39 is 0 Å². The van der Waals surface area contributed by atoms with E-state index in [4.69, 9.17) is 0 Å². The number of hydrogen-bond acceptors (Lipinski definition) is 3. The zero-order valence-electron chi connectivity index (χ0n) is 12.1. The number of hydrogen-bond donors (Lipinski definition) is 1. The average Bonchev–Trinajstić information content (AvgIpc) is 2.75. The summed E-state index contributed by atoms with van der Waals surface area (Å²) in [7, 11) is 6.07. The first-order valence-electron chi connectivity index (χ1n) is 6.95. The Balaban J connectivity index is 2.19. The van der Waals surface area contributed by atoms with E-state index in [0.717, 1.165) is 24.3 Å². The largest absolute Gasteiger partial charge is 0.367 e. The second-order valence-electron chi connectivity index (χ2n) is 5.60. The third kappa shape index (κ3) is 3.67. The molecule has 1 aliphatic heterocycles. The number of nitrogens with zero attached hydrogens (tertiary/aromatic N) is 2. The Morgan fingerprint density at radius 3 is 2.84 bits per heavy atom. The van der Waals surface area contributed by atoms with Crippen LogP contribution in [0.4, 0.5) is 10.1 Å². The highest BCUT2D eigenvalue weighted by Gasteiger charge is 2.25. The summed E-state index contributed by atoms with van der Waals surface area (Å²) in [5.41, 5.74) is 2.03. The van der Waals surface area contributed by atoms with Crippen LogP contribution < -0.4 is 10.2 Å². The highest BCUT2D eigenvalue weighted by molar-refractivity contribution is 5.51. The molecule has 0 aromatic heterocycles. The Kier molecular flexibility index (Phi) is 4.77. The fraction of sp³-hybridized carbons (Fsp3) is 0.600. The van der Waals surface area contributed by atoms with Crippen molar-refractivity contribution in [2.24, 2.45) is 0 Å². The molecule has 1 fully saturated rings. The first-order valence-corrected chi connectivity index (χ1v) is 6.95. The molecule has 2 rings (SSSR count). The molecule has 0 aliphatic carbocycles. The maximum atomic E-state index is 13.7. The van der Waals surface area contributed by atoms with Crippen LogP contribution >= 0.6 is 0 Å². The predicted molar refractivity (Wildman–Crippen MR) is 78.1 cm³/mol. The van der Waals surface area contributed by atoms with Crippen molar-refractivity contribution in [2.75, 3.05) is 39.1 Å². The van der Waals surface area contributed by atoms with Crippen LogP contribution in [0.1, 0.15) is 18.4 Å². The minimum absolute atomic E-state index is 0.141. The first-order chi connectivity index (χ1) is 9.10. The van der Waals surface area contributed by atoms with Crippen molar-refractivity contribution in [1.82, 2.24) is 10.2 Å². The van der Waals surface area contributed by atoms with E-state index in [2.05, 4.69) is 35.3 Å². The molecular weight excluding hydrogens is 241 g/mol. The summed E-state index contributed by atoms with van der Waals surface area (Å²) >= 11 is 0. The van der Waals surface area contributed by atoms with Crippen molar-refractivity contribution in [2.45, 2.75) is 25.4 Å².